The van der Waals surface area contributed by atoms with Crippen molar-refractivity contribution in [2.75, 3.05) is 39.3 Å². The normalized spacial score (nSPS) is 21.8. The first kappa shape index (κ1) is 14.5. The monoisotopic (exact) mass is 291 g/mol. The first-order valence-electron chi connectivity index (χ1n) is 7.81. The van der Waals surface area contributed by atoms with Crippen molar-refractivity contribution in [1.29, 1.82) is 0 Å². The SMILES string of the molecule is CC(C)N1CCN(C2CN(C(=O)c3ccnn3C)C2)CC1. The molecule has 0 spiro atoms. The zero-order valence-electron chi connectivity index (χ0n) is 13.2. The van der Waals surface area contributed by atoms with Crippen LogP contribution < -0.4 is 0 Å². The molecule has 2 saturated heterocycles. The standard InChI is InChI=1S/C15H25N5O/c1-12(2)18-6-8-19(9-7-18)13-10-20(11-13)15(21)14-4-5-16-17(14)3/h4-5,12-13H,6-11H2,1-3H3. The van der Waals surface area contributed by atoms with Crippen LogP contribution in [-0.2, 0) is 7.05 Å². The summed E-state index contributed by atoms with van der Waals surface area (Å²) in [4.78, 5) is 19.3. The van der Waals surface area contributed by atoms with Gasteiger partial charge in [-0.2, -0.15) is 5.10 Å². The van der Waals surface area contributed by atoms with E-state index in [1.165, 1.54) is 0 Å². The summed E-state index contributed by atoms with van der Waals surface area (Å²) in [6.07, 6.45) is 1.68. The average Bonchev–Trinajstić information content (AvgIpc) is 2.83. The number of aromatic nitrogens is 2. The molecule has 3 heterocycles. The van der Waals surface area contributed by atoms with Crippen LogP contribution in [0.4, 0.5) is 0 Å². The minimum Gasteiger partial charge on any atom is -0.334 e. The van der Waals surface area contributed by atoms with Crippen molar-refractivity contribution in [1.82, 2.24) is 24.5 Å². The van der Waals surface area contributed by atoms with Gasteiger partial charge in [0.05, 0.1) is 0 Å². The summed E-state index contributed by atoms with van der Waals surface area (Å²) >= 11 is 0. The summed E-state index contributed by atoms with van der Waals surface area (Å²) in [7, 11) is 1.82. The Hall–Kier alpha value is -1.40. The topological polar surface area (TPSA) is 44.6 Å². The molecule has 0 bridgehead atoms. The lowest BCUT2D eigenvalue weighted by Gasteiger charge is -2.48. The number of aryl methyl sites for hydroxylation is 1. The Morgan fingerprint density at radius 3 is 2.43 bits per heavy atom. The molecule has 3 rings (SSSR count). The van der Waals surface area contributed by atoms with E-state index in [9.17, 15) is 4.79 Å². The van der Waals surface area contributed by atoms with E-state index in [2.05, 4.69) is 28.7 Å². The second kappa shape index (κ2) is 5.77. The second-order valence-corrected chi connectivity index (χ2v) is 6.37. The number of nitrogens with zero attached hydrogens (tertiary/aromatic N) is 5. The van der Waals surface area contributed by atoms with Gasteiger partial charge in [0.15, 0.2) is 0 Å². The third kappa shape index (κ3) is 2.82. The first-order chi connectivity index (χ1) is 10.1. The molecule has 0 saturated carbocycles. The molecule has 0 aliphatic carbocycles. The molecule has 0 unspecified atom stereocenters. The maximum Gasteiger partial charge on any atom is 0.272 e. The van der Waals surface area contributed by atoms with E-state index in [1.54, 1.807) is 16.9 Å². The van der Waals surface area contributed by atoms with Crippen molar-refractivity contribution in [2.45, 2.75) is 25.9 Å². The Bertz CT molecular complexity index is 498. The maximum atomic E-state index is 12.3. The Kier molecular flexibility index (Phi) is 3.99. The Balaban J connectivity index is 1.48. The fraction of sp³-hybridized carbons (Fsp3) is 0.733. The van der Waals surface area contributed by atoms with Gasteiger partial charge in [-0.05, 0) is 19.9 Å². The third-order valence-electron chi connectivity index (χ3n) is 4.79. The van der Waals surface area contributed by atoms with Gasteiger partial charge in [0.25, 0.3) is 5.91 Å². The molecule has 0 N–H and O–H groups in total. The highest BCUT2D eigenvalue weighted by molar-refractivity contribution is 5.93. The Labute approximate surface area is 126 Å². The number of amides is 1. The van der Waals surface area contributed by atoms with Gasteiger partial charge in [0, 0.05) is 64.6 Å². The van der Waals surface area contributed by atoms with Crippen molar-refractivity contribution in [3.63, 3.8) is 0 Å². The lowest BCUT2D eigenvalue weighted by Crippen LogP contribution is -2.64. The van der Waals surface area contributed by atoms with Crippen molar-refractivity contribution in [2.24, 2.45) is 7.05 Å². The van der Waals surface area contributed by atoms with Gasteiger partial charge < -0.3 is 4.90 Å². The molecule has 21 heavy (non-hydrogen) atoms. The van der Waals surface area contributed by atoms with Crippen molar-refractivity contribution in [3.05, 3.63) is 18.0 Å². The molecule has 0 aromatic carbocycles. The summed E-state index contributed by atoms with van der Waals surface area (Å²) < 4.78 is 1.65. The van der Waals surface area contributed by atoms with Gasteiger partial charge in [0.2, 0.25) is 0 Å². The van der Waals surface area contributed by atoms with Crippen LogP contribution in [-0.4, -0.2) is 81.7 Å². The fourth-order valence-electron chi connectivity index (χ4n) is 3.22. The summed E-state index contributed by atoms with van der Waals surface area (Å²) in [6, 6.07) is 2.96. The molecular formula is C15H25N5O. The van der Waals surface area contributed by atoms with Gasteiger partial charge in [-0.25, -0.2) is 0 Å². The number of hydrogen-bond acceptors (Lipinski definition) is 4. The van der Waals surface area contributed by atoms with Gasteiger partial charge in [-0.15, -0.1) is 0 Å². The van der Waals surface area contributed by atoms with E-state index in [0.29, 0.717) is 17.8 Å². The van der Waals surface area contributed by atoms with Gasteiger partial charge in [0.1, 0.15) is 5.69 Å². The zero-order chi connectivity index (χ0) is 15.0. The molecule has 0 atom stereocenters. The lowest BCUT2D eigenvalue weighted by atomic mass is 10.0. The van der Waals surface area contributed by atoms with Crippen LogP contribution in [0.3, 0.4) is 0 Å². The molecule has 6 heteroatoms. The number of hydrogen-bond donors (Lipinski definition) is 0. The summed E-state index contributed by atoms with van der Waals surface area (Å²) in [5, 5.41) is 4.07. The van der Waals surface area contributed by atoms with E-state index in [0.717, 1.165) is 39.3 Å². The Morgan fingerprint density at radius 2 is 1.90 bits per heavy atom. The van der Waals surface area contributed by atoms with Crippen LogP contribution in [0.1, 0.15) is 24.3 Å². The van der Waals surface area contributed by atoms with Crippen LogP contribution in [0, 0.1) is 0 Å². The van der Waals surface area contributed by atoms with Gasteiger partial charge in [-0.1, -0.05) is 0 Å². The number of piperazine rings is 1. The van der Waals surface area contributed by atoms with Crippen LogP contribution in [0.25, 0.3) is 0 Å². The second-order valence-electron chi connectivity index (χ2n) is 6.37. The molecule has 1 aromatic heterocycles. The summed E-state index contributed by atoms with van der Waals surface area (Å²) in [5.41, 5.74) is 0.679. The molecule has 2 fully saturated rings. The van der Waals surface area contributed by atoms with E-state index in [4.69, 9.17) is 0 Å². The molecular weight excluding hydrogens is 266 g/mol. The highest BCUT2D eigenvalue weighted by atomic mass is 16.2. The maximum absolute atomic E-state index is 12.3. The number of carbonyl (C=O) groups is 1. The predicted molar refractivity (Wildman–Crippen MR) is 81.2 cm³/mol. The first-order valence-corrected chi connectivity index (χ1v) is 7.81. The van der Waals surface area contributed by atoms with Gasteiger partial charge in [-0.3, -0.25) is 19.3 Å². The van der Waals surface area contributed by atoms with Crippen LogP contribution in [0.5, 0.6) is 0 Å². The van der Waals surface area contributed by atoms with E-state index < -0.39 is 0 Å². The lowest BCUT2D eigenvalue weighted by molar-refractivity contribution is 0.00265. The van der Waals surface area contributed by atoms with Crippen molar-refractivity contribution in [3.8, 4) is 0 Å². The van der Waals surface area contributed by atoms with Crippen LogP contribution in [0.2, 0.25) is 0 Å². The molecule has 116 valence electrons. The van der Waals surface area contributed by atoms with E-state index in [-0.39, 0.29) is 5.91 Å². The molecule has 2 aliphatic heterocycles. The quantitative estimate of drug-likeness (QED) is 0.802. The smallest absolute Gasteiger partial charge is 0.272 e. The molecule has 2 aliphatic rings. The Morgan fingerprint density at radius 1 is 1.24 bits per heavy atom. The molecule has 6 nitrogen and oxygen atoms in total. The predicted octanol–water partition coefficient (Wildman–Crippen LogP) is 0.271. The van der Waals surface area contributed by atoms with E-state index in [1.807, 2.05) is 11.9 Å². The average molecular weight is 291 g/mol. The molecule has 0 radical (unpaired) electrons. The highest BCUT2D eigenvalue weighted by Gasteiger charge is 2.37. The third-order valence-corrected chi connectivity index (χ3v) is 4.79. The van der Waals surface area contributed by atoms with Gasteiger partial charge >= 0.3 is 0 Å². The van der Waals surface area contributed by atoms with Crippen molar-refractivity contribution < 1.29 is 4.79 Å². The fourth-order valence-corrected chi connectivity index (χ4v) is 3.22. The number of carbonyl (C=O) groups excluding carboxylic acids is 1. The zero-order valence-corrected chi connectivity index (χ0v) is 13.2. The minimum absolute atomic E-state index is 0.104. The minimum atomic E-state index is 0.104. The number of likely N-dealkylation sites (tertiary alicyclic amines) is 1. The van der Waals surface area contributed by atoms with E-state index >= 15 is 0 Å². The molecule has 1 aromatic rings. The van der Waals surface area contributed by atoms with Crippen LogP contribution >= 0.6 is 0 Å². The summed E-state index contributed by atoms with van der Waals surface area (Å²) in [6.45, 7) is 10.7. The highest BCUT2D eigenvalue weighted by Crippen LogP contribution is 2.19. The molecule has 1 amide bonds. The number of rotatable bonds is 3. The largest absolute Gasteiger partial charge is 0.334 e. The van der Waals surface area contributed by atoms with Crippen LogP contribution in [0.15, 0.2) is 12.3 Å². The van der Waals surface area contributed by atoms with Crippen molar-refractivity contribution >= 4 is 5.91 Å². The summed E-state index contributed by atoms with van der Waals surface area (Å²) in [5.74, 6) is 0.104.